The van der Waals surface area contributed by atoms with Crippen LogP contribution in [0.4, 0.5) is 10.1 Å². The fourth-order valence-electron chi connectivity index (χ4n) is 2.31. The van der Waals surface area contributed by atoms with Crippen LogP contribution in [0.5, 0.6) is 5.75 Å². The molecule has 0 heterocycles. The zero-order valence-electron chi connectivity index (χ0n) is 14.3. The Hall–Kier alpha value is -2.56. The molecule has 0 aliphatic heterocycles. The number of ether oxygens (including phenoxy) is 1. The van der Waals surface area contributed by atoms with Gasteiger partial charge in [-0.2, -0.15) is 0 Å². The van der Waals surface area contributed by atoms with Gasteiger partial charge in [-0.05, 0) is 74.7 Å². The lowest BCUT2D eigenvalue weighted by Gasteiger charge is -2.11. The summed E-state index contributed by atoms with van der Waals surface area (Å²) in [6.07, 6.45) is 0.862. The summed E-state index contributed by atoms with van der Waals surface area (Å²) < 4.78 is 18.7. The minimum atomic E-state index is -0.217. The molecular formula is C19H24FN3O. The highest BCUT2D eigenvalue weighted by atomic mass is 19.1. The Morgan fingerprint density at radius 1 is 1.21 bits per heavy atom. The monoisotopic (exact) mass is 329 g/mol. The zero-order valence-corrected chi connectivity index (χ0v) is 14.3. The van der Waals surface area contributed by atoms with Crippen molar-refractivity contribution in [2.75, 3.05) is 11.9 Å². The molecule has 3 N–H and O–H groups in total. The van der Waals surface area contributed by atoms with Crippen molar-refractivity contribution in [2.45, 2.75) is 33.3 Å². The maximum atomic E-state index is 13.1. The van der Waals surface area contributed by atoms with Crippen LogP contribution >= 0.6 is 0 Å². The van der Waals surface area contributed by atoms with Crippen molar-refractivity contribution >= 4 is 11.6 Å². The van der Waals surface area contributed by atoms with E-state index in [9.17, 15) is 4.39 Å². The Morgan fingerprint density at radius 2 is 1.92 bits per heavy atom. The van der Waals surface area contributed by atoms with E-state index in [0.717, 1.165) is 29.0 Å². The molecule has 0 bridgehead atoms. The van der Waals surface area contributed by atoms with Gasteiger partial charge in [-0.15, -0.1) is 0 Å². The number of benzene rings is 2. The van der Waals surface area contributed by atoms with Crippen LogP contribution in [0.2, 0.25) is 0 Å². The van der Waals surface area contributed by atoms with Crippen molar-refractivity contribution in [3.8, 4) is 5.75 Å². The van der Waals surface area contributed by atoms with Crippen molar-refractivity contribution in [1.29, 1.82) is 0 Å². The second-order valence-electron chi connectivity index (χ2n) is 5.90. The molecule has 0 saturated heterocycles. The summed E-state index contributed by atoms with van der Waals surface area (Å²) in [5.74, 6) is 0.955. The molecule has 0 amide bonds. The average molecular weight is 329 g/mol. The fraction of sp³-hybridized carbons (Fsp3) is 0.316. The van der Waals surface area contributed by atoms with Crippen molar-refractivity contribution in [3.05, 3.63) is 59.4 Å². The van der Waals surface area contributed by atoms with Crippen LogP contribution in [0, 0.1) is 12.7 Å². The van der Waals surface area contributed by atoms with E-state index in [1.165, 1.54) is 12.1 Å². The van der Waals surface area contributed by atoms with E-state index in [2.05, 4.69) is 10.3 Å². The van der Waals surface area contributed by atoms with Gasteiger partial charge in [0.15, 0.2) is 5.96 Å². The Bertz CT molecular complexity index is 696. The van der Waals surface area contributed by atoms with Crippen LogP contribution in [-0.4, -0.2) is 18.6 Å². The third kappa shape index (κ3) is 5.57. The quantitative estimate of drug-likeness (QED) is 0.624. The lowest BCUT2D eigenvalue weighted by atomic mass is 10.1. The first kappa shape index (κ1) is 17.8. The van der Waals surface area contributed by atoms with Gasteiger partial charge in [0.2, 0.25) is 0 Å². The number of aliphatic imine (C=N–C) groups is 1. The molecule has 24 heavy (non-hydrogen) atoms. The third-order valence-corrected chi connectivity index (χ3v) is 3.47. The third-order valence-electron chi connectivity index (χ3n) is 3.47. The normalized spacial score (nSPS) is 11.6. The number of aryl methyl sites for hydroxylation is 1. The van der Waals surface area contributed by atoms with Crippen LogP contribution in [0.3, 0.4) is 0 Å². The van der Waals surface area contributed by atoms with Gasteiger partial charge in [-0.3, -0.25) is 4.99 Å². The summed E-state index contributed by atoms with van der Waals surface area (Å²) in [7, 11) is 0. The van der Waals surface area contributed by atoms with E-state index >= 15 is 0 Å². The predicted molar refractivity (Wildman–Crippen MR) is 97.2 cm³/mol. The Kier molecular flexibility index (Phi) is 6.18. The predicted octanol–water partition coefficient (Wildman–Crippen LogP) is 3.89. The van der Waals surface area contributed by atoms with E-state index in [0.29, 0.717) is 12.5 Å². The van der Waals surface area contributed by atoms with Crippen LogP contribution in [-0.2, 0) is 6.42 Å². The Morgan fingerprint density at radius 3 is 2.54 bits per heavy atom. The molecule has 0 unspecified atom stereocenters. The number of anilines is 1. The molecule has 0 aromatic heterocycles. The first-order chi connectivity index (χ1) is 11.4. The highest BCUT2D eigenvalue weighted by Gasteiger charge is 2.01. The highest BCUT2D eigenvalue weighted by Crippen LogP contribution is 2.16. The van der Waals surface area contributed by atoms with Gasteiger partial charge in [0.05, 0.1) is 6.10 Å². The van der Waals surface area contributed by atoms with E-state index in [1.54, 1.807) is 6.07 Å². The van der Waals surface area contributed by atoms with Crippen LogP contribution in [0.15, 0.2) is 47.5 Å². The number of nitrogens with one attached hydrogen (secondary N) is 1. The lowest BCUT2D eigenvalue weighted by molar-refractivity contribution is 0.242. The fourth-order valence-corrected chi connectivity index (χ4v) is 2.31. The highest BCUT2D eigenvalue weighted by molar-refractivity contribution is 5.92. The maximum Gasteiger partial charge on any atom is 0.193 e. The van der Waals surface area contributed by atoms with E-state index in [-0.39, 0.29) is 11.9 Å². The minimum absolute atomic E-state index is 0.144. The standard InChI is InChI=1S/C19H24FN3O/c1-13(2)24-18-8-6-17(7-9-18)23-19(21)22-11-10-15-4-5-16(20)12-14(15)3/h4-9,12-13H,10-11H2,1-3H3,(H3,21,22,23). The molecule has 4 nitrogen and oxygen atoms in total. The van der Waals surface area contributed by atoms with Gasteiger partial charge < -0.3 is 15.8 Å². The molecule has 128 valence electrons. The van der Waals surface area contributed by atoms with Crippen LogP contribution in [0.25, 0.3) is 0 Å². The van der Waals surface area contributed by atoms with Gasteiger partial charge in [-0.1, -0.05) is 6.07 Å². The molecule has 0 atom stereocenters. The summed E-state index contributed by atoms with van der Waals surface area (Å²) in [5.41, 5.74) is 8.75. The number of rotatable bonds is 6. The largest absolute Gasteiger partial charge is 0.491 e. The van der Waals surface area contributed by atoms with Crippen LogP contribution in [0.1, 0.15) is 25.0 Å². The number of nitrogens with two attached hydrogens (primary N) is 1. The molecule has 0 aliphatic carbocycles. The number of halogens is 1. The molecule has 0 saturated carbocycles. The van der Waals surface area contributed by atoms with Gasteiger partial charge >= 0.3 is 0 Å². The maximum absolute atomic E-state index is 13.1. The minimum Gasteiger partial charge on any atom is -0.491 e. The summed E-state index contributed by atoms with van der Waals surface area (Å²) in [4.78, 5) is 4.31. The Labute approximate surface area is 142 Å². The van der Waals surface area contributed by atoms with Gasteiger partial charge in [0.25, 0.3) is 0 Å². The molecular weight excluding hydrogens is 305 g/mol. The average Bonchev–Trinajstić information content (AvgIpc) is 2.51. The molecule has 2 aromatic rings. The molecule has 2 aromatic carbocycles. The van der Waals surface area contributed by atoms with Crippen molar-refractivity contribution in [2.24, 2.45) is 10.7 Å². The molecule has 0 radical (unpaired) electrons. The first-order valence-corrected chi connectivity index (χ1v) is 8.02. The summed E-state index contributed by atoms with van der Waals surface area (Å²) in [5, 5.41) is 3.04. The van der Waals surface area contributed by atoms with Crippen molar-refractivity contribution in [3.63, 3.8) is 0 Å². The number of nitrogens with zero attached hydrogens (tertiary/aromatic N) is 1. The SMILES string of the molecule is Cc1cc(F)ccc1CCN=C(N)Nc1ccc(OC(C)C)cc1. The second kappa shape index (κ2) is 8.34. The van der Waals surface area contributed by atoms with Gasteiger partial charge in [-0.25, -0.2) is 4.39 Å². The summed E-state index contributed by atoms with van der Waals surface area (Å²) >= 11 is 0. The molecule has 2 rings (SSSR count). The Balaban J connectivity index is 1.87. The van der Waals surface area contributed by atoms with E-state index in [1.807, 2.05) is 45.0 Å². The van der Waals surface area contributed by atoms with Crippen LogP contribution < -0.4 is 15.8 Å². The van der Waals surface area contributed by atoms with Gasteiger partial charge in [0, 0.05) is 12.2 Å². The number of hydrogen-bond acceptors (Lipinski definition) is 2. The second-order valence-corrected chi connectivity index (χ2v) is 5.90. The zero-order chi connectivity index (χ0) is 17.5. The summed E-state index contributed by atoms with van der Waals surface area (Å²) in [6.45, 7) is 6.41. The molecule has 5 heteroatoms. The van der Waals surface area contributed by atoms with Crippen molar-refractivity contribution in [1.82, 2.24) is 0 Å². The molecule has 0 fully saturated rings. The van der Waals surface area contributed by atoms with Crippen molar-refractivity contribution < 1.29 is 9.13 Å². The summed E-state index contributed by atoms with van der Waals surface area (Å²) in [6, 6.07) is 12.3. The molecule has 0 aliphatic rings. The molecule has 0 spiro atoms. The topological polar surface area (TPSA) is 59.6 Å². The first-order valence-electron chi connectivity index (χ1n) is 8.02. The lowest BCUT2D eigenvalue weighted by Crippen LogP contribution is -2.23. The van der Waals surface area contributed by atoms with E-state index in [4.69, 9.17) is 10.5 Å². The smallest absolute Gasteiger partial charge is 0.193 e. The van der Waals surface area contributed by atoms with Gasteiger partial charge in [0.1, 0.15) is 11.6 Å². The van der Waals surface area contributed by atoms with E-state index < -0.39 is 0 Å². The number of guanidine groups is 1. The number of hydrogen-bond donors (Lipinski definition) is 2.